The molecule has 0 aliphatic rings. The van der Waals surface area contributed by atoms with Crippen molar-refractivity contribution in [3.8, 4) is 0 Å². The summed E-state index contributed by atoms with van der Waals surface area (Å²) < 4.78 is 0. The van der Waals surface area contributed by atoms with Crippen LogP contribution in [0.5, 0.6) is 0 Å². The standard InChI is InChI=1S/C11H12O4.C7H5NO/c1-3-7-8(10(12)13)5-4-6(2)9(7)11(14)15;9-6-8-7-4-2-1-3-5-7/h4-5H,3H2,1-2H3,(H,12,13)(H,14,15);1-5H. The predicted octanol–water partition coefficient (Wildman–Crippen LogP) is 3.61. The van der Waals surface area contributed by atoms with E-state index in [9.17, 15) is 14.4 Å². The molecule has 2 rings (SSSR count). The Bertz CT molecular complexity index is 777. The van der Waals surface area contributed by atoms with E-state index in [2.05, 4.69) is 4.99 Å². The summed E-state index contributed by atoms with van der Waals surface area (Å²) >= 11 is 0. The molecule has 124 valence electrons. The van der Waals surface area contributed by atoms with Gasteiger partial charge in [0.2, 0.25) is 6.08 Å². The molecule has 0 aliphatic heterocycles. The van der Waals surface area contributed by atoms with Crippen LogP contribution in [0, 0.1) is 6.92 Å². The molecule has 0 aliphatic carbocycles. The van der Waals surface area contributed by atoms with Crippen LogP contribution in [-0.4, -0.2) is 28.2 Å². The molecule has 0 saturated heterocycles. The number of benzene rings is 2. The molecule has 2 aromatic carbocycles. The summed E-state index contributed by atoms with van der Waals surface area (Å²) in [6.07, 6.45) is 1.85. The number of nitrogens with zero attached hydrogens (tertiary/aromatic N) is 1. The molecule has 0 heterocycles. The second-order valence-corrected chi connectivity index (χ2v) is 4.79. The van der Waals surface area contributed by atoms with Gasteiger partial charge >= 0.3 is 11.9 Å². The van der Waals surface area contributed by atoms with E-state index in [1.807, 2.05) is 18.2 Å². The van der Waals surface area contributed by atoms with Crippen LogP contribution in [0.15, 0.2) is 47.5 Å². The summed E-state index contributed by atoms with van der Waals surface area (Å²) in [6.45, 7) is 3.40. The van der Waals surface area contributed by atoms with Crippen molar-refractivity contribution in [3.63, 3.8) is 0 Å². The van der Waals surface area contributed by atoms with Crippen LogP contribution < -0.4 is 0 Å². The van der Waals surface area contributed by atoms with Gasteiger partial charge in [0, 0.05) is 0 Å². The largest absolute Gasteiger partial charge is 0.478 e. The van der Waals surface area contributed by atoms with Crippen molar-refractivity contribution < 1.29 is 24.6 Å². The van der Waals surface area contributed by atoms with E-state index < -0.39 is 11.9 Å². The summed E-state index contributed by atoms with van der Waals surface area (Å²) in [5.74, 6) is -2.16. The normalized spacial score (nSPS) is 9.25. The minimum atomic E-state index is -1.09. The average molecular weight is 327 g/mol. The molecule has 0 unspecified atom stereocenters. The Kier molecular flexibility index (Phi) is 7.07. The summed E-state index contributed by atoms with van der Waals surface area (Å²) in [6, 6.07) is 11.9. The zero-order chi connectivity index (χ0) is 18.1. The van der Waals surface area contributed by atoms with Gasteiger partial charge in [0.25, 0.3) is 0 Å². The second-order valence-electron chi connectivity index (χ2n) is 4.79. The molecule has 0 atom stereocenters. The summed E-state index contributed by atoms with van der Waals surface area (Å²) in [5, 5.41) is 17.9. The number of aryl methyl sites for hydroxylation is 1. The molecule has 2 aromatic rings. The Morgan fingerprint density at radius 1 is 1.04 bits per heavy atom. The third kappa shape index (κ3) is 4.90. The lowest BCUT2D eigenvalue weighted by atomic mass is 9.95. The first-order chi connectivity index (χ1) is 11.4. The Balaban J connectivity index is 0.000000272. The Morgan fingerprint density at radius 3 is 2.12 bits per heavy atom. The zero-order valence-electron chi connectivity index (χ0n) is 13.3. The molecular weight excluding hydrogens is 310 g/mol. The van der Waals surface area contributed by atoms with Crippen LogP contribution in [0.2, 0.25) is 0 Å². The molecule has 0 amide bonds. The van der Waals surface area contributed by atoms with E-state index in [0.717, 1.165) is 0 Å². The van der Waals surface area contributed by atoms with Crippen LogP contribution in [0.1, 0.15) is 38.8 Å². The quantitative estimate of drug-likeness (QED) is 0.659. The molecule has 0 fully saturated rings. The number of isocyanates is 1. The summed E-state index contributed by atoms with van der Waals surface area (Å²) in [5.41, 5.74) is 1.80. The minimum absolute atomic E-state index is 0.0699. The van der Waals surface area contributed by atoms with Gasteiger partial charge < -0.3 is 10.2 Å². The van der Waals surface area contributed by atoms with Crippen LogP contribution in [0.3, 0.4) is 0 Å². The molecule has 24 heavy (non-hydrogen) atoms. The second kappa shape index (κ2) is 9.02. The summed E-state index contributed by atoms with van der Waals surface area (Å²) in [7, 11) is 0. The fourth-order valence-electron chi connectivity index (χ4n) is 2.19. The number of hydrogen-bond acceptors (Lipinski definition) is 4. The fourth-order valence-corrected chi connectivity index (χ4v) is 2.19. The van der Waals surface area contributed by atoms with Crippen molar-refractivity contribution in [2.75, 3.05) is 0 Å². The van der Waals surface area contributed by atoms with E-state index in [1.165, 1.54) is 18.2 Å². The van der Waals surface area contributed by atoms with E-state index in [1.54, 1.807) is 26.0 Å². The molecule has 0 bridgehead atoms. The lowest BCUT2D eigenvalue weighted by Crippen LogP contribution is -2.11. The van der Waals surface area contributed by atoms with E-state index in [4.69, 9.17) is 10.2 Å². The van der Waals surface area contributed by atoms with E-state index in [0.29, 0.717) is 23.2 Å². The molecular formula is C18H17NO5. The third-order valence-electron chi connectivity index (χ3n) is 3.25. The number of carbonyl (C=O) groups excluding carboxylic acids is 1. The highest BCUT2D eigenvalue weighted by Gasteiger charge is 2.18. The fraction of sp³-hybridized carbons (Fsp3) is 0.167. The van der Waals surface area contributed by atoms with Crippen molar-refractivity contribution in [2.45, 2.75) is 20.3 Å². The lowest BCUT2D eigenvalue weighted by Gasteiger charge is -2.10. The molecule has 0 spiro atoms. The smallest absolute Gasteiger partial charge is 0.336 e. The number of aliphatic imine (C=N–C) groups is 1. The minimum Gasteiger partial charge on any atom is -0.478 e. The third-order valence-corrected chi connectivity index (χ3v) is 3.25. The SMILES string of the molecule is CCc1c(C(=O)O)ccc(C)c1C(=O)O.O=C=Nc1ccccc1. The molecule has 6 heteroatoms. The van der Waals surface area contributed by atoms with Crippen LogP contribution in [0.4, 0.5) is 5.69 Å². The molecule has 0 radical (unpaired) electrons. The molecule has 0 aromatic heterocycles. The maximum absolute atomic E-state index is 11.0. The highest BCUT2D eigenvalue weighted by atomic mass is 16.4. The van der Waals surface area contributed by atoms with Crippen molar-refractivity contribution >= 4 is 23.7 Å². The zero-order valence-corrected chi connectivity index (χ0v) is 13.3. The number of carboxylic acid groups (broad SMARTS) is 2. The summed E-state index contributed by atoms with van der Waals surface area (Å²) in [4.78, 5) is 34.9. The molecule has 6 nitrogen and oxygen atoms in total. The Labute approximate surface area is 139 Å². The maximum atomic E-state index is 11.0. The van der Waals surface area contributed by atoms with E-state index >= 15 is 0 Å². The Hall–Kier alpha value is -3.24. The maximum Gasteiger partial charge on any atom is 0.336 e. The first kappa shape index (κ1) is 18.8. The van der Waals surface area contributed by atoms with Gasteiger partial charge in [0.15, 0.2) is 0 Å². The molecule has 0 saturated carbocycles. The molecule has 2 N–H and O–H groups in total. The van der Waals surface area contributed by atoms with Gasteiger partial charge in [-0.15, -0.1) is 0 Å². The van der Waals surface area contributed by atoms with Gasteiger partial charge in [0.1, 0.15) is 0 Å². The first-order valence-electron chi connectivity index (χ1n) is 7.14. The highest BCUT2D eigenvalue weighted by molar-refractivity contribution is 5.97. The highest BCUT2D eigenvalue weighted by Crippen LogP contribution is 2.20. The predicted molar refractivity (Wildman–Crippen MR) is 88.7 cm³/mol. The van der Waals surface area contributed by atoms with Crippen LogP contribution in [-0.2, 0) is 11.2 Å². The van der Waals surface area contributed by atoms with Crippen LogP contribution in [0.25, 0.3) is 0 Å². The number of para-hydroxylation sites is 1. The number of carbonyl (C=O) groups is 2. The van der Waals surface area contributed by atoms with Crippen molar-refractivity contribution in [3.05, 3.63) is 64.7 Å². The average Bonchev–Trinajstić information content (AvgIpc) is 2.55. The van der Waals surface area contributed by atoms with Crippen molar-refractivity contribution in [2.24, 2.45) is 4.99 Å². The number of aromatic carboxylic acids is 2. The van der Waals surface area contributed by atoms with Crippen molar-refractivity contribution in [1.82, 2.24) is 0 Å². The van der Waals surface area contributed by atoms with Gasteiger partial charge in [-0.2, -0.15) is 4.99 Å². The lowest BCUT2D eigenvalue weighted by molar-refractivity contribution is 0.0695. The van der Waals surface area contributed by atoms with Gasteiger partial charge in [-0.3, -0.25) is 0 Å². The van der Waals surface area contributed by atoms with Gasteiger partial charge in [-0.1, -0.05) is 31.2 Å². The van der Waals surface area contributed by atoms with Gasteiger partial charge in [0.05, 0.1) is 16.8 Å². The van der Waals surface area contributed by atoms with E-state index in [-0.39, 0.29) is 11.1 Å². The first-order valence-corrected chi connectivity index (χ1v) is 7.14. The number of hydrogen-bond donors (Lipinski definition) is 2. The Morgan fingerprint density at radius 2 is 1.67 bits per heavy atom. The number of carboxylic acids is 2. The van der Waals surface area contributed by atoms with Gasteiger partial charge in [-0.05, 0) is 42.7 Å². The monoisotopic (exact) mass is 327 g/mol. The van der Waals surface area contributed by atoms with Crippen molar-refractivity contribution in [1.29, 1.82) is 0 Å². The topological polar surface area (TPSA) is 104 Å². The number of rotatable bonds is 4. The van der Waals surface area contributed by atoms with Gasteiger partial charge in [-0.25, -0.2) is 14.4 Å². The van der Waals surface area contributed by atoms with Crippen LogP contribution >= 0.6 is 0 Å².